The van der Waals surface area contributed by atoms with Gasteiger partial charge in [-0.05, 0) is 29.8 Å². The normalized spacial score (nSPS) is 17.0. The van der Waals surface area contributed by atoms with E-state index in [4.69, 9.17) is 19.6 Å². The van der Waals surface area contributed by atoms with Gasteiger partial charge in [-0.1, -0.05) is 54.6 Å². The van der Waals surface area contributed by atoms with Gasteiger partial charge in [-0.25, -0.2) is 13.6 Å². The maximum absolute atomic E-state index is 11.7. The van der Waals surface area contributed by atoms with Crippen molar-refractivity contribution in [3.8, 4) is 11.5 Å². The first kappa shape index (κ1) is 20.5. The molecule has 0 saturated heterocycles. The number of para-hydroxylation sites is 1. The number of sulfonamides is 1. The molecule has 1 aliphatic heterocycles. The minimum absolute atomic E-state index is 0.00546. The molecule has 162 valence electrons. The average molecular weight is 447 g/mol. The molecule has 0 spiro atoms. The van der Waals surface area contributed by atoms with E-state index in [0.29, 0.717) is 24.5 Å². The van der Waals surface area contributed by atoms with E-state index in [1.807, 2.05) is 48.5 Å². The van der Waals surface area contributed by atoms with Crippen LogP contribution in [0.5, 0.6) is 11.5 Å². The van der Waals surface area contributed by atoms with Crippen LogP contribution in [0.4, 0.5) is 0 Å². The van der Waals surface area contributed by atoms with Gasteiger partial charge in [-0.3, -0.25) is 4.98 Å². The minimum Gasteiger partial charge on any atom is -0.490 e. The fraction of sp³-hybridized carbons (Fsp3) is 0.160. The van der Waals surface area contributed by atoms with Gasteiger partial charge in [0.05, 0.1) is 28.6 Å². The van der Waals surface area contributed by atoms with Gasteiger partial charge in [-0.2, -0.15) is 0 Å². The van der Waals surface area contributed by atoms with E-state index < -0.39 is 10.0 Å². The van der Waals surface area contributed by atoms with E-state index in [1.54, 1.807) is 6.07 Å². The van der Waals surface area contributed by atoms with Crippen LogP contribution in [-0.2, 0) is 10.0 Å². The minimum atomic E-state index is -3.83. The number of benzene rings is 3. The Morgan fingerprint density at radius 1 is 0.906 bits per heavy atom. The Bertz CT molecular complexity index is 1370. The maximum Gasteiger partial charge on any atom is 0.238 e. The summed E-state index contributed by atoms with van der Waals surface area (Å²) >= 11 is 0. The van der Waals surface area contributed by atoms with E-state index in [1.165, 1.54) is 12.1 Å². The SMILES string of the molecule is NS(=O)(=O)c1ccc2c(c1)OCCC([C@H](c1ccccc1)c1ccc3ccccc3n1)O2. The molecule has 1 aliphatic rings. The Hall–Kier alpha value is -3.42. The Balaban J connectivity index is 1.57. The van der Waals surface area contributed by atoms with Crippen LogP contribution < -0.4 is 14.6 Å². The number of nitrogens with two attached hydrogens (primary N) is 1. The van der Waals surface area contributed by atoms with Crippen molar-refractivity contribution in [1.29, 1.82) is 0 Å². The molecule has 4 aromatic rings. The van der Waals surface area contributed by atoms with Crippen molar-refractivity contribution in [3.05, 3.63) is 96.2 Å². The number of rotatable bonds is 4. The predicted octanol–water partition coefficient (Wildman–Crippen LogP) is 4.24. The third-order valence-corrected chi connectivity index (χ3v) is 6.56. The lowest BCUT2D eigenvalue weighted by molar-refractivity contribution is 0.172. The largest absolute Gasteiger partial charge is 0.490 e. The highest BCUT2D eigenvalue weighted by Gasteiger charge is 2.31. The van der Waals surface area contributed by atoms with Crippen LogP contribution in [0.3, 0.4) is 0 Å². The molecular formula is C25H22N2O4S. The number of nitrogens with zero attached hydrogens (tertiary/aromatic N) is 1. The van der Waals surface area contributed by atoms with E-state index in [2.05, 4.69) is 18.2 Å². The van der Waals surface area contributed by atoms with Gasteiger partial charge in [0.1, 0.15) is 6.10 Å². The van der Waals surface area contributed by atoms with Crippen LogP contribution in [0.15, 0.2) is 89.8 Å². The van der Waals surface area contributed by atoms with Crippen LogP contribution in [0, 0.1) is 0 Å². The Kier molecular flexibility index (Phi) is 5.28. The maximum atomic E-state index is 11.7. The Morgan fingerprint density at radius 2 is 1.69 bits per heavy atom. The molecule has 2 atom stereocenters. The second-order valence-corrected chi connectivity index (χ2v) is 9.33. The zero-order valence-corrected chi connectivity index (χ0v) is 18.0. The summed E-state index contributed by atoms with van der Waals surface area (Å²) in [6.45, 7) is 0.378. The van der Waals surface area contributed by atoms with Gasteiger partial charge in [0.2, 0.25) is 10.0 Å². The highest BCUT2D eigenvalue weighted by Crippen LogP contribution is 2.38. The van der Waals surface area contributed by atoms with Gasteiger partial charge in [0.25, 0.3) is 0 Å². The highest BCUT2D eigenvalue weighted by molar-refractivity contribution is 7.89. The van der Waals surface area contributed by atoms with Gasteiger partial charge >= 0.3 is 0 Å². The highest BCUT2D eigenvalue weighted by atomic mass is 32.2. The van der Waals surface area contributed by atoms with E-state index in [-0.39, 0.29) is 16.9 Å². The molecule has 0 bridgehead atoms. The molecule has 1 aromatic heterocycles. The summed E-state index contributed by atoms with van der Waals surface area (Å²) in [6, 6.07) is 26.7. The lowest BCUT2D eigenvalue weighted by Crippen LogP contribution is -2.27. The van der Waals surface area contributed by atoms with Crippen LogP contribution in [0.25, 0.3) is 10.9 Å². The van der Waals surface area contributed by atoms with Gasteiger partial charge in [0.15, 0.2) is 11.5 Å². The molecule has 0 saturated carbocycles. The first-order valence-electron chi connectivity index (χ1n) is 10.4. The van der Waals surface area contributed by atoms with Crippen molar-refractivity contribution in [2.75, 3.05) is 6.61 Å². The molecule has 1 unspecified atom stereocenters. The monoisotopic (exact) mass is 446 g/mol. The Labute approximate surface area is 186 Å². The third kappa shape index (κ3) is 4.04. The van der Waals surface area contributed by atoms with Crippen molar-refractivity contribution in [1.82, 2.24) is 4.98 Å². The quantitative estimate of drug-likeness (QED) is 0.506. The predicted molar refractivity (Wildman–Crippen MR) is 122 cm³/mol. The summed E-state index contributed by atoms with van der Waals surface area (Å²) in [7, 11) is -3.83. The smallest absolute Gasteiger partial charge is 0.238 e. The van der Waals surface area contributed by atoms with Crippen LogP contribution in [0.1, 0.15) is 23.6 Å². The lowest BCUT2D eigenvalue weighted by Gasteiger charge is -2.27. The molecule has 0 aliphatic carbocycles. The van der Waals surface area contributed by atoms with Crippen LogP contribution in [0.2, 0.25) is 0 Å². The molecule has 0 amide bonds. The van der Waals surface area contributed by atoms with E-state index >= 15 is 0 Å². The van der Waals surface area contributed by atoms with E-state index in [9.17, 15) is 8.42 Å². The summed E-state index contributed by atoms with van der Waals surface area (Å²) in [6.07, 6.45) is 0.348. The van der Waals surface area contributed by atoms with Crippen molar-refractivity contribution in [3.63, 3.8) is 0 Å². The van der Waals surface area contributed by atoms with Gasteiger partial charge < -0.3 is 9.47 Å². The van der Waals surface area contributed by atoms with Crippen LogP contribution >= 0.6 is 0 Å². The molecule has 7 heteroatoms. The molecule has 5 rings (SSSR count). The number of fused-ring (bicyclic) bond motifs is 2. The first-order valence-corrected chi connectivity index (χ1v) is 11.9. The summed E-state index contributed by atoms with van der Waals surface area (Å²) in [5.74, 6) is 0.729. The van der Waals surface area contributed by atoms with Crippen molar-refractivity contribution in [2.24, 2.45) is 5.14 Å². The number of ether oxygens (including phenoxy) is 2. The number of aromatic nitrogens is 1. The molecule has 6 nitrogen and oxygen atoms in total. The van der Waals surface area contributed by atoms with Gasteiger partial charge in [0, 0.05) is 17.9 Å². The fourth-order valence-corrected chi connectivity index (χ4v) is 4.64. The van der Waals surface area contributed by atoms with Gasteiger partial charge in [-0.15, -0.1) is 0 Å². The summed E-state index contributed by atoms with van der Waals surface area (Å²) in [5.41, 5.74) is 2.92. The second-order valence-electron chi connectivity index (χ2n) is 7.76. The van der Waals surface area contributed by atoms with E-state index in [0.717, 1.165) is 22.2 Å². The zero-order valence-electron chi connectivity index (χ0n) is 17.2. The zero-order chi connectivity index (χ0) is 22.1. The molecule has 3 aromatic carbocycles. The summed E-state index contributed by atoms with van der Waals surface area (Å²) in [4.78, 5) is 4.94. The van der Waals surface area contributed by atoms with Crippen molar-refractivity contribution >= 4 is 20.9 Å². The third-order valence-electron chi connectivity index (χ3n) is 5.65. The molecular weight excluding hydrogens is 424 g/mol. The molecule has 32 heavy (non-hydrogen) atoms. The number of primary sulfonamides is 1. The van der Waals surface area contributed by atoms with Crippen molar-refractivity contribution < 1.29 is 17.9 Å². The van der Waals surface area contributed by atoms with Crippen LogP contribution in [-0.4, -0.2) is 26.1 Å². The number of hydrogen-bond donors (Lipinski definition) is 1. The molecule has 2 heterocycles. The van der Waals surface area contributed by atoms with Crippen molar-refractivity contribution in [2.45, 2.75) is 23.3 Å². The topological polar surface area (TPSA) is 91.5 Å². The molecule has 2 N–H and O–H groups in total. The Morgan fingerprint density at radius 3 is 2.50 bits per heavy atom. The number of pyridine rings is 1. The number of hydrogen-bond acceptors (Lipinski definition) is 5. The molecule has 0 radical (unpaired) electrons. The summed E-state index contributed by atoms with van der Waals surface area (Å²) in [5, 5.41) is 6.35. The second kappa shape index (κ2) is 8.26. The average Bonchev–Trinajstić information content (AvgIpc) is 3.01. The first-order chi connectivity index (χ1) is 15.5. The fourth-order valence-electron chi connectivity index (χ4n) is 4.11. The lowest BCUT2D eigenvalue weighted by atomic mass is 9.88. The molecule has 0 fully saturated rings. The summed E-state index contributed by atoms with van der Waals surface area (Å²) < 4.78 is 35.7. The standard InChI is InChI=1S/C25H22N2O4S/c26-32(28,29)19-11-13-22-24(16-19)30-15-14-23(31-22)25(18-7-2-1-3-8-18)21-12-10-17-6-4-5-9-20(17)27-21/h1-13,16,23,25H,14-15H2,(H2,26,28,29)/t23?,25-/m1/s1.